The van der Waals surface area contributed by atoms with E-state index < -0.39 is 16.0 Å². The van der Waals surface area contributed by atoms with Gasteiger partial charge in [-0.1, -0.05) is 55.2 Å². The van der Waals surface area contributed by atoms with Crippen LogP contribution in [0.1, 0.15) is 54.1 Å². The molecule has 0 amide bonds. The summed E-state index contributed by atoms with van der Waals surface area (Å²) in [6.07, 6.45) is 5.35. The summed E-state index contributed by atoms with van der Waals surface area (Å²) in [4.78, 5) is 13.1. The van der Waals surface area contributed by atoms with Crippen molar-refractivity contribution >= 4 is 27.3 Å². The number of thiazole rings is 1. The molecule has 4 aromatic rings. The monoisotopic (exact) mass is 532 g/mol. The minimum absolute atomic E-state index is 0.178. The predicted molar refractivity (Wildman–Crippen MR) is 145 cm³/mol. The fourth-order valence-corrected chi connectivity index (χ4v) is 6.76. The lowest BCUT2D eigenvalue weighted by Crippen LogP contribution is -2.25. The molecule has 0 N–H and O–H groups in total. The zero-order chi connectivity index (χ0) is 25.8. The summed E-state index contributed by atoms with van der Waals surface area (Å²) in [5.74, 6) is 0.0347. The highest BCUT2D eigenvalue weighted by atomic mass is 32.2. The van der Waals surface area contributed by atoms with Gasteiger partial charge in [-0.05, 0) is 73.9 Å². The molecule has 1 aromatic heterocycles. The van der Waals surface area contributed by atoms with E-state index in [0.29, 0.717) is 16.1 Å². The van der Waals surface area contributed by atoms with Crippen LogP contribution in [0.4, 0.5) is 0 Å². The van der Waals surface area contributed by atoms with Crippen molar-refractivity contribution in [1.82, 2.24) is 4.57 Å². The number of hydrogen-bond acceptors (Lipinski definition) is 5. The number of carbonyl (C=O) groups is 1. The van der Waals surface area contributed by atoms with Gasteiger partial charge in [-0.15, -0.1) is 15.7 Å². The highest BCUT2D eigenvalue weighted by Gasteiger charge is 2.22. The van der Waals surface area contributed by atoms with Crippen molar-refractivity contribution in [3.8, 4) is 17.0 Å². The van der Waals surface area contributed by atoms with Crippen molar-refractivity contribution in [2.75, 3.05) is 0 Å². The Bertz CT molecular complexity index is 1550. The molecule has 0 bridgehead atoms. The molecule has 0 radical (unpaired) electrons. The van der Waals surface area contributed by atoms with E-state index in [1.54, 1.807) is 60.7 Å². The SMILES string of the molecule is Cc1ccc(S(=O)(=O)/N=c2/scc(-c3ccc(OC(=O)c4ccccc4)cc3)n2C2CCCCC2)cc1. The molecule has 0 atom stereocenters. The van der Waals surface area contributed by atoms with Gasteiger partial charge in [0.1, 0.15) is 5.75 Å². The number of aryl methyl sites for hydroxylation is 1. The fourth-order valence-electron chi connectivity index (χ4n) is 4.59. The molecule has 0 aliphatic heterocycles. The van der Waals surface area contributed by atoms with Crippen molar-refractivity contribution in [1.29, 1.82) is 0 Å². The predicted octanol–water partition coefficient (Wildman–Crippen LogP) is 6.54. The Morgan fingerprint density at radius 3 is 2.27 bits per heavy atom. The quantitative estimate of drug-likeness (QED) is 0.209. The van der Waals surface area contributed by atoms with E-state index in [1.807, 2.05) is 30.5 Å². The minimum atomic E-state index is -3.85. The average Bonchev–Trinajstić information content (AvgIpc) is 3.33. The van der Waals surface area contributed by atoms with E-state index in [1.165, 1.54) is 17.8 Å². The van der Waals surface area contributed by atoms with Gasteiger partial charge in [0.05, 0.1) is 16.2 Å². The van der Waals surface area contributed by atoms with Gasteiger partial charge in [-0.2, -0.15) is 8.42 Å². The molecule has 1 fully saturated rings. The van der Waals surface area contributed by atoms with Crippen LogP contribution in [0.2, 0.25) is 0 Å². The van der Waals surface area contributed by atoms with Crippen LogP contribution >= 0.6 is 11.3 Å². The first-order valence-electron chi connectivity index (χ1n) is 12.4. The third-order valence-corrected chi connectivity index (χ3v) is 8.81. The highest BCUT2D eigenvalue weighted by Crippen LogP contribution is 2.33. The molecule has 0 spiro atoms. The van der Waals surface area contributed by atoms with Gasteiger partial charge in [0.25, 0.3) is 10.0 Å². The summed E-state index contributed by atoms with van der Waals surface area (Å²) in [6, 6.07) is 23.1. The Morgan fingerprint density at radius 2 is 1.59 bits per heavy atom. The number of nitrogens with zero attached hydrogens (tertiary/aromatic N) is 2. The van der Waals surface area contributed by atoms with Gasteiger partial charge in [0, 0.05) is 11.4 Å². The maximum Gasteiger partial charge on any atom is 0.343 e. The van der Waals surface area contributed by atoms with E-state index in [0.717, 1.165) is 42.5 Å². The Balaban J connectivity index is 1.49. The van der Waals surface area contributed by atoms with Crippen LogP contribution in [0.3, 0.4) is 0 Å². The van der Waals surface area contributed by atoms with Crippen LogP contribution in [0.5, 0.6) is 5.75 Å². The van der Waals surface area contributed by atoms with E-state index >= 15 is 0 Å². The molecular weight excluding hydrogens is 504 g/mol. The second kappa shape index (κ2) is 10.9. The largest absolute Gasteiger partial charge is 0.423 e. The maximum absolute atomic E-state index is 13.1. The van der Waals surface area contributed by atoms with Crippen LogP contribution in [-0.4, -0.2) is 19.0 Å². The van der Waals surface area contributed by atoms with Crippen molar-refractivity contribution in [2.24, 2.45) is 4.40 Å². The summed E-state index contributed by atoms with van der Waals surface area (Å²) < 4.78 is 38.2. The molecule has 1 aliphatic rings. The lowest BCUT2D eigenvalue weighted by molar-refractivity contribution is 0.0734. The van der Waals surface area contributed by atoms with Gasteiger partial charge in [0.2, 0.25) is 4.80 Å². The van der Waals surface area contributed by atoms with Gasteiger partial charge in [-0.25, -0.2) is 4.79 Å². The molecule has 3 aromatic carbocycles. The van der Waals surface area contributed by atoms with Gasteiger partial charge >= 0.3 is 5.97 Å². The molecule has 0 saturated heterocycles. The molecule has 1 aliphatic carbocycles. The smallest absolute Gasteiger partial charge is 0.343 e. The number of sulfonamides is 1. The van der Waals surface area contributed by atoms with Crippen LogP contribution in [0.25, 0.3) is 11.3 Å². The highest BCUT2D eigenvalue weighted by molar-refractivity contribution is 7.90. The standard InChI is InChI=1S/C29H28N2O4S2/c1-21-12-18-26(19-13-21)37(33,34)30-29-31(24-10-6-3-7-11-24)27(20-36-29)22-14-16-25(17-15-22)35-28(32)23-8-4-2-5-9-23/h2,4-5,8-9,12-20,24H,3,6-7,10-11H2,1H3/b30-29+. The zero-order valence-corrected chi connectivity index (χ0v) is 22.2. The van der Waals surface area contributed by atoms with Gasteiger partial charge in [-0.3, -0.25) is 0 Å². The lowest BCUT2D eigenvalue weighted by Gasteiger charge is -2.25. The van der Waals surface area contributed by atoms with E-state index in [2.05, 4.69) is 8.96 Å². The summed E-state index contributed by atoms with van der Waals surface area (Å²) in [6.45, 7) is 1.92. The first kappa shape index (κ1) is 25.2. The molecule has 5 rings (SSSR count). The number of benzene rings is 3. The van der Waals surface area contributed by atoms with Crippen molar-refractivity contribution < 1.29 is 17.9 Å². The summed E-state index contributed by atoms with van der Waals surface area (Å²) in [7, 11) is -3.85. The first-order chi connectivity index (χ1) is 17.9. The number of carbonyl (C=O) groups excluding carboxylic acids is 1. The summed E-state index contributed by atoms with van der Waals surface area (Å²) in [5.41, 5.74) is 3.30. The molecule has 6 nitrogen and oxygen atoms in total. The van der Waals surface area contributed by atoms with Crippen LogP contribution in [0, 0.1) is 6.92 Å². The molecule has 37 heavy (non-hydrogen) atoms. The fraction of sp³-hybridized carbons (Fsp3) is 0.241. The van der Waals surface area contributed by atoms with E-state index in [4.69, 9.17) is 4.74 Å². The third-order valence-electron chi connectivity index (χ3n) is 6.57. The van der Waals surface area contributed by atoms with E-state index in [9.17, 15) is 13.2 Å². The van der Waals surface area contributed by atoms with Crippen LogP contribution in [-0.2, 0) is 10.0 Å². The number of aromatic nitrogens is 1. The van der Waals surface area contributed by atoms with E-state index in [-0.39, 0.29) is 10.9 Å². The normalized spacial score (nSPS) is 15.0. The topological polar surface area (TPSA) is 77.7 Å². The number of esters is 1. The Hall–Kier alpha value is -3.49. The van der Waals surface area contributed by atoms with Crippen molar-refractivity contribution in [3.63, 3.8) is 0 Å². The second-order valence-electron chi connectivity index (χ2n) is 9.22. The van der Waals surface area contributed by atoms with Crippen molar-refractivity contribution in [2.45, 2.75) is 50.0 Å². The van der Waals surface area contributed by atoms with Gasteiger partial charge < -0.3 is 9.30 Å². The first-order valence-corrected chi connectivity index (χ1v) is 14.7. The Labute approximate surface area is 221 Å². The van der Waals surface area contributed by atoms with Crippen LogP contribution in [0.15, 0.2) is 93.5 Å². The minimum Gasteiger partial charge on any atom is -0.423 e. The lowest BCUT2D eigenvalue weighted by atomic mass is 9.95. The molecule has 0 unspecified atom stereocenters. The molecular formula is C29H28N2O4S2. The second-order valence-corrected chi connectivity index (χ2v) is 11.7. The molecule has 190 valence electrons. The number of ether oxygens (including phenoxy) is 1. The van der Waals surface area contributed by atoms with Crippen molar-refractivity contribution in [3.05, 3.63) is 100 Å². The molecule has 8 heteroatoms. The third kappa shape index (κ3) is 5.76. The Kier molecular flexibility index (Phi) is 7.39. The van der Waals surface area contributed by atoms with Crippen LogP contribution < -0.4 is 9.54 Å². The maximum atomic E-state index is 13.1. The average molecular weight is 533 g/mol. The molecule has 1 heterocycles. The van der Waals surface area contributed by atoms with Gasteiger partial charge in [0.15, 0.2) is 0 Å². The number of hydrogen-bond donors (Lipinski definition) is 0. The molecule has 1 saturated carbocycles. The number of rotatable bonds is 6. The Morgan fingerprint density at radius 1 is 0.919 bits per heavy atom. The summed E-state index contributed by atoms with van der Waals surface area (Å²) in [5, 5.41) is 1.96. The zero-order valence-electron chi connectivity index (χ0n) is 20.5. The summed E-state index contributed by atoms with van der Waals surface area (Å²) >= 11 is 1.33.